The molecule has 0 aliphatic carbocycles. The molecule has 1 N–H and O–H groups in total. The first-order valence-electron chi connectivity index (χ1n) is 11.3. The summed E-state index contributed by atoms with van der Waals surface area (Å²) in [6.45, 7) is 2.44. The number of carbonyl (C=O) groups is 1. The van der Waals surface area contributed by atoms with Gasteiger partial charge in [-0.3, -0.25) is 0 Å². The fourth-order valence-corrected chi connectivity index (χ4v) is 4.73. The number of halogens is 1. The molecule has 0 radical (unpaired) electrons. The third kappa shape index (κ3) is 4.03. The molecule has 0 unspecified atom stereocenters. The molecule has 2 amide bonds. The highest BCUT2D eigenvalue weighted by Crippen LogP contribution is 2.37. The highest BCUT2D eigenvalue weighted by molar-refractivity contribution is 6.31. The number of hydrogen-bond acceptors (Lipinski definition) is 2. The van der Waals surface area contributed by atoms with Gasteiger partial charge in [0.05, 0.1) is 18.3 Å². The minimum Gasteiger partial charge on any atom is -0.378 e. The first-order valence-corrected chi connectivity index (χ1v) is 11.7. The largest absolute Gasteiger partial charge is 0.378 e. The zero-order chi connectivity index (χ0) is 23.8. The van der Waals surface area contributed by atoms with Gasteiger partial charge in [-0.25, -0.2) is 4.79 Å². The molecule has 6 heteroatoms. The van der Waals surface area contributed by atoms with Gasteiger partial charge in [-0.05, 0) is 66.1 Å². The number of hydrogen-bond donors (Lipinski definition) is 1. The van der Waals surface area contributed by atoms with Crippen LogP contribution in [0, 0.1) is 6.92 Å². The van der Waals surface area contributed by atoms with Gasteiger partial charge in [0, 0.05) is 42.4 Å². The van der Waals surface area contributed by atoms with Crippen LogP contribution >= 0.6 is 11.6 Å². The maximum absolute atomic E-state index is 13.8. The lowest BCUT2D eigenvalue weighted by Gasteiger charge is -2.31. The second-order valence-electron chi connectivity index (χ2n) is 8.84. The Balaban J connectivity index is 1.62. The van der Waals surface area contributed by atoms with Crippen molar-refractivity contribution in [1.82, 2.24) is 9.47 Å². The van der Waals surface area contributed by atoms with Gasteiger partial charge in [0.1, 0.15) is 0 Å². The van der Waals surface area contributed by atoms with Crippen LogP contribution in [0.2, 0.25) is 5.02 Å². The van der Waals surface area contributed by atoms with Crippen LogP contribution in [0.1, 0.15) is 28.4 Å². The van der Waals surface area contributed by atoms with Crippen LogP contribution in [0.5, 0.6) is 0 Å². The number of para-hydroxylation sites is 1. The minimum absolute atomic E-state index is 0.170. The molecule has 172 valence electrons. The molecule has 1 aromatic heterocycles. The van der Waals surface area contributed by atoms with E-state index < -0.39 is 0 Å². The van der Waals surface area contributed by atoms with E-state index in [0.29, 0.717) is 17.3 Å². The number of urea groups is 1. The Labute approximate surface area is 205 Å². The summed E-state index contributed by atoms with van der Waals surface area (Å²) in [6.07, 6.45) is 2.07. The molecule has 3 aromatic carbocycles. The van der Waals surface area contributed by atoms with E-state index in [9.17, 15) is 4.79 Å². The van der Waals surface area contributed by atoms with Crippen molar-refractivity contribution in [3.63, 3.8) is 0 Å². The fraction of sp³-hybridized carbons (Fsp3) is 0.179. The monoisotopic (exact) mass is 470 g/mol. The Hall–Kier alpha value is -3.70. The van der Waals surface area contributed by atoms with E-state index in [1.165, 1.54) is 0 Å². The van der Waals surface area contributed by atoms with Gasteiger partial charge in [0.2, 0.25) is 0 Å². The Kier molecular flexibility index (Phi) is 5.80. The van der Waals surface area contributed by atoms with E-state index in [1.54, 1.807) is 6.07 Å². The van der Waals surface area contributed by atoms with Crippen molar-refractivity contribution in [2.75, 3.05) is 24.3 Å². The van der Waals surface area contributed by atoms with Gasteiger partial charge < -0.3 is 19.7 Å². The van der Waals surface area contributed by atoms with Gasteiger partial charge >= 0.3 is 6.03 Å². The third-order valence-corrected chi connectivity index (χ3v) is 6.63. The third-order valence-electron chi connectivity index (χ3n) is 6.39. The van der Waals surface area contributed by atoms with Crippen LogP contribution in [0.4, 0.5) is 16.2 Å². The molecule has 1 aliphatic heterocycles. The number of amides is 2. The first-order chi connectivity index (χ1) is 16.4. The number of rotatable bonds is 3. The predicted molar refractivity (Wildman–Crippen MR) is 139 cm³/mol. The van der Waals surface area contributed by atoms with Gasteiger partial charge in [0.25, 0.3) is 0 Å². The number of nitrogens with zero attached hydrogens (tertiary/aromatic N) is 3. The van der Waals surface area contributed by atoms with E-state index in [0.717, 1.165) is 33.8 Å². The average molecular weight is 471 g/mol. The summed E-state index contributed by atoms with van der Waals surface area (Å²) in [7, 11) is 4.05. The standard InChI is InChI=1S/C28H27ClN4O/c1-19-10-13-22(29)17-24(19)30-28(34)33-18-21-7-4-5-8-25(21)32-16-6-9-26(32)27(33)20-11-14-23(15-12-20)31(2)3/h4-17,27H,18H2,1-3H3,(H,30,34)/t27-/m0/s1. The Bertz CT molecular complexity index is 1340. The number of aryl methyl sites for hydroxylation is 1. The van der Waals surface area contributed by atoms with Crippen LogP contribution in [0.25, 0.3) is 5.69 Å². The lowest BCUT2D eigenvalue weighted by Crippen LogP contribution is -2.38. The number of benzene rings is 3. The van der Waals surface area contributed by atoms with Crippen LogP contribution in [0.15, 0.2) is 85.1 Å². The molecule has 1 aliphatic rings. The molecule has 0 saturated carbocycles. The molecule has 0 fully saturated rings. The molecule has 0 spiro atoms. The average Bonchev–Trinajstić information content (AvgIpc) is 3.25. The van der Waals surface area contributed by atoms with Gasteiger partial charge in [-0.1, -0.05) is 48.0 Å². The van der Waals surface area contributed by atoms with Crippen molar-refractivity contribution >= 4 is 29.0 Å². The van der Waals surface area contributed by atoms with Crippen molar-refractivity contribution in [2.45, 2.75) is 19.5 Å². The van der Waals surface area contributed by atoms with E-state index in [-0.39, 0.29) is 12.1 Å². The number of nitrogens with one attached hydrogen (secondary N) is 1. The van der Waals surface area contributed by atoms with Crippen molar-refractivity contribution in [1.29, 1.82) is 0 Å². The Morgan fingerprint density at radius 2 is 1.76 bits per heavy atom. The van der Waals surface area contributed by atoms with Crippen LogP contribution < -0.4 is 10.2 Å². The highest BCUT2D eigenvalue weighted by Gasteiger charge is 2.33. The lowest BCUT2D eigenvalue weighted by atomic mass is 10.0. The number of aromatic nitrogens is 1. The summed E-state index contributed by atoms with van der Waals surface area (Å²) in [6, 6.07) is 25.9. The van der Waals surface area contributed by atoms with Crippen molar-refractivity contribution in [2.24, 2.45) is 0 Å². The molecule has 5 nitrogen and oxygen atoms in total. The van der Waals surface area contributed by atoms with Crippen molar-refractivity contribution in [3.8, 4) is 5.69 Å². The molecular formula is C28H27ClN4O. The molecular weight excluding hydrogens is 444 g/mol. The van der Waals surface area contributed by atoms with Gasteiger partial charge in [-0.2, -0.15) is 0 Å². The van der Waals surface area contributed by atoms with Crippen molar-refractivity contribution < 1.29 is 4.79 Å². The topological polar surface area (TPSA) is 40.5 Å². The molecule has 4 aromatic rings. The summed E-state index contributed by atoms with van der Waals surface area (Å²) in [4.78, 5) is 17.8. The summed E-state index contributed by atoms with van der Waals surface area (Å²) in [5.41, 5.74) is 7.06. The predicted octanol–water partition coefficient (Wildman–Crippen LogP) is 6.64. The Morgan fingerprint density at radius 3 is 2.53 bits per heavy atom. The fourth-order valence-electron chi connectivity index (χ4n) is 4.56. The normalized spacial score (nSPS) is 14.7. The van der Waals surface area contributed by atoms with Crippen LogP contribution in [-0.2, 0) is 6.54 Å². The van der Waals surface area contributed by atoms with E-state index in [4.69, 9.17) is 11.6 Å². The maximum atomic E-state index is 13.8. The molecule has 2 heterocycles. The van der Waals surface area contributed by atoms with Crippen molar-refractivity contribution in [3.05, 3.63) is 112 Å². The van der Waals surface area contributed by atoms with E-state index >= 15 is 0 Å². The summed E-state index contributed by atoms with van der Waals surface area (Å²) in [5, 5.41) is 3.71. The first kappa shape index (κ1) is 22.1. The zero-order valence-electron chi connectivity index (χ0n) is 19.5. The van der Waals surface area contributed by atoms with E-state index in [2.05, 4.69) is 63.4 Å². The summed E-state index contributed by atoms with van der Waals surface area (Å²) < 4.78 is 2.19. The van der Waals surface area contributed by atoms with Gasteiger partial charge in [0.15, 0.2) is 0 Å². The second-order valence-corrected chi connectivity index (χ2v) is 9.27. The molecule has 1 atom stereocenters. The highest BCUT2D eigenvalue weighted by atomic mass is 35.5. The number of anilines is 2. The number of carbonyl (C=O) groups excluding carboxylic acids is 1. The quantitative estimate of drug-likeness (QED) is 0.364. The lowest BCUT2D eigenvalue weighted by molar-refractivity contribution is 0.194. The minimum atomic E-state index is -0.266. The number of fused-ring (bicyclic) bond motifs is 3. The summed E-state index contributed by atoms with van der Waals surface area (Å²) in [5.74, 6) is 0. The van der Waals surface area contributed by atoms with Gasteiger partial charge in [-0.15, -0.1) is 0 Å². The maximum Gasteiger partial charge on any atom is 0.322 e. The molecule has 5 rings (SSSR count). The zero-order valence-corrected chi connectivity index (χ0v) is 20.3. The Morgan fingerprint density at radius 1 is 1.00 bits per heavy atom. The van der Waals surface area contributed by atoms with Crippen LogP contribution in [-0.4, -0.2) is 29.6 Å². The molecule has 0 bridgehead atoms. The second kappa shape index (κ2) is 8.92. The SMILES string of the molecule is Cc1ccc(Cl)cc1NC(=O)N1Cc2ccccc2-n2cccc2[C@@H]1c1ccc(N(C)C)cc1. The molecule has 0 saturated heterocycles. The molecule has 34 heavy (non-hydrogen) atoms. The van der Waals surface area contributed by atoms with E-state index in [1.807, 2.05) is 56.3 Å². The van der Waals surface area contributed by atoms with Crippen LogP contribution in [0.3, 0.4) is 0 Å². The smallest absolute Gasteiger partial charge is 0.322 e. The summed E-state index contributed by atoms with van der Waals surface area (Å²) >= 11 is 6.22.